The maximum atomic E-state index is 5.40. The quantitative estimate of drug-likeness (QED) is 0.338. The van der Waals surface area contributed by atoms with E-state index in [4.69, 9.17) is 26.4 Å². The van der Waals surface area contributed by atoms with Crippen LogP contribution in [-0.2, 0) is 0 Å². The molecule has 4 rings (SSSR count). The fourth-order valence-electron chi connectivity index (χ4n) is 3.13. The van der Waals surface area contributed by atoms with Crippen molar-refractivity contribution in [1.82, 2.24) is 15.0 Å². The highest BCUT2D eigenvalue weighted by Crippen LogP contribution is 2.40. The molecule has 0 aliphatic rings. The molecule has 0 saturated carbocycles. The van der Waals surface area contributed by atoms with Crippen LogP contribution in [-0.4, -0.2) is 41.4 Å². The van der Waals surface area contributed by atoms with Gasteiger partial charge >= 0.3 is 0 Å². The highest BCUT2D eigenvalue weighted by molar-refractivity contribution is 7.80. The van der Waals surface area contributed by atoms with E-state index in [9.17, 15) is 0 Å². The van der Waals surface area contributed by atoms with Crippen LogP contribution >= 0.6 is 12.2 Å². The number of rotatable bonds is 7. The molecule has 2 aromatic carbocycles. The van der Waals surface area contributed by atoms with Crippen molar-refractivity contribution in [3.63, 3.8) is 0 Å². The lowest BCUT2D eigenvalue weighted by atomic mass is 10.2. The van der Waals surface area contributed by atoms with Gasteiger partial charge in [0.1, 0.15) is 11.3 Å². The summed E-state index contributed by atoms with van der Waals surface area (Å²) in [6.07, 6.45) is 1.63. The number of aromatic nitrogens is 3. The molecule has 2 aromatic heterocycles. The van der Waals surface area contributed by atoms with Crippen LogP contribution < -0.4 is 30.2 Å². The summed E-state index contributed by atoms with van der Waals surface area (Å²) in [4.78, 5) is 13.5. The van der Waals surface area contributed by atoms with E-state index in [0.29, 0.717) is 50.8 Å². The predicted octanol–water partition coefficient (Wildman–Crippen LogP) is 4.60. The minimum atomic E-state index is 0.424. The fraction of sp³-hybridized carbons (Fsp3) is 0.130. The number of nitrogens with one attached hydrogen (secondary N) is 3. The molecule has 0 amide bonds. The van der Waals surface area contributed by atoms with Crippen LogP contribution in [0.2, 0.25) is 0 Å². The monoisotopic (exact) mass is 462 g/mol. The van der Waals surface area contributed by atoms with E-state index < -0.39 is 0 Å². The summed E-state index contributed by atoms with van der Waals surface area (Å²) in [7, 11) is 4.68. The number of fused-ring (bicyclic) bond motifs is 1. The van der Waals surface area contributed by atoms with Crippen LogP contribution in [0.25, 0.3) is 11.2 Å². The van der Waals surface area contributed by atoms with Gasteiger partial charge in [-0.15, -0.1) is 0 Å². The summed E-state index contributed by atoms with van der Waals surface area (Å²) in [6, 6.07) is 16.8. The lowest BCUT2D eigenvalue weighted by Crippen LogP contribution is -2.19. The number of hydrogen-bond acceptors (Lipinski definition) is 8. The van der Waals surface area contributed by atoms with Gasteiger partial charge in [0.2, 0.25) is 5.75 Å². The van der Waals surface area contributed by atoms with Gasteiger partial charge < -0.3 is 30.2 Å². The highest BCUT2D eigenvalue weighted by atomic mass is 32.1. The average Bonchev–Trinajstić information content (AvgIpc) is 2.83. The van der Waals surface area contributed by atoms with E-state index in [0.717, 1.165) is 5.69 Å². The van der Waals surface area contributed by atoms with E-state index in [-0.39, 0.29) is 0 Å². The van der Waals surface area contributed by atoms with E-state index in [2.05, 4.69) is 30.9 Å². The first-order valence-electron chi connectivity index (χ1n) is 9.93. The van der Waals surface area contributed by atoms with Gasteiger partial charge in [-0.1, -0.05) is 18.2 Å². The number of anilines is 4. The average molecular weight is 463 g/mol. The van der Waals surface area contributed by atoms with Crippen molar-refractivity contribution < 1.29 is 14.2 Å². The van der Waals surface area contributed by atoms with Gasteiger partial charge in [-0.25, -0.2) is 15.0 Å². The van der Waals surface area contributed by atoms with Gasteiger partial charge in [-0.3, -0.25) is 0 Å². The Morgan fingerprint density at radius 3 is 2.15 bits per heavy atom. The van der Waals surface area contributed by atoms with Crippen molar-refractivity contribution in [2.24, 2.45) is 0 Å². The lowest BCUT2D eigenvalue weighted by Gasteiger charge is -2.15. The molecule has 0 atom stereocenters. The third kappa shape index (κ3) is 5.18. The zero-order valence-corrected chi connectivity index (χ0v) is 19.1. The Morgan fingerprint density at radius 2 is 1.48 bits per heavy atom. The zero-order valence-electron chi connectivity index (χ0n) is 18.2. The van der Waals surface area contributed by atoms with Crippen LogP contribution in [0.4, 0.5) is 23.0 Å². The molecule has 9 nitrogen and oxygen atoms in total. The molecule has 0 aliphatic heterocycles. The maximum absolute atomic E-state index is 5.40. The highest BCUT2D eigenvalue weighted by Gasteiger charge is 2.14. The van der Waals surface area contributed by atoms with Gasteiger partial charge in [0.05, 0.1) is 27.5 Å². The summed E-state index contributed by atoms with van der Waals surface area (Å²) in [6.45, 7) is 0. The smallest absolute Gasteiger partial charge is 0.203 e. The second-order valence-corrected chi connectivity index (χ2v) is 7.19. The van der Waals surface area contributed by atoms with Crippen LogP contribution in [0.15, 0.2) is 60.8 Å². The molecular formula is C23H22N6O3S. The van der Waals surface area contributed by atoms with E-state index in [1.54, 1.807) is 45.7 Å². The molecule has 168 valence electrons. The molecule has 3 N–H and O–H groups in total. The SMILES string of the molecule is COc1cc(Nc2cnc3ccc(NC(=S)Nc4ccccc4)nc3n2)cc(OC)c1OC. The molecular weight excluding hydrogens is 440 g/mol. The molecule has 0 saturated heterocycles. The summed E-state index contributed by atoms with van der Waals surface area (Å²) in [5.41, 5.74) is 2.69. The molecule has 0 fully saturated rings. The van der Waals surface area contributed by atoms with Gasteiger partial charge in [0.15, 0.2) is 28.1 Å². The Balaban J connectivity index is 1.55. The first-order chi connectivity index (χ1) is 16.1. The fourth-order valence-corrected chi connectivity index (χ4v) is 3.35. The molecule has 33 heavy (non-hydrogen) atoms. The minimum Gasteiger partial charge on any atom is -0.493 e. The number of benzene rings is 2. The minimum absolute atomic E-state index is 0.424. The summed E-state index contributed by atoms with van der Waals surface area (Å²) in [5.74, 6) is 2.61. The standard InChI is InChI=1S/C23H22N6O3S/c1-30-17-11-15(12-18(31-2)21(17)32-3)25-20-13-24-16-9-10-19(27-22(16)28-20)29-23(33)26-14-7-5-4-6-8-14/h4-13H,1-3H3,(H3,25,26,27,28,29,33). The third-order valence-corrected chi connectivity index (χ3v) is 4.82. The van der Waals surface area contributed by atoms with Crippen LogP contribution in [0.3, 0.4) is 0 Å². The number of pyridine rings is 1. The number of para-hydroxylation sites is 1. The second-order valence-electron chi connectivity index (χ2n) is 6.78. The molecule has 10 heteroatoms. The molecule has 0 unspecified atom stereocenters. The van der Waals surface area contributed by atoms with Gasteiger partial charge in [0.25, 0.3) is 0 Å². The predicted molar refractivity (Wildman–Crippen MR) is 133 cm³/mol. The normalized spacial score (nSPS) is 10.4. The van der Waals surface area contributed by atoms with Gasteiger partial charge in [-0.05, 0) is 36.5 Å². The lowest BCUT2D eigenvalue weighted by molar-refractivity contribution is 0.324. The molecule has 0 bridgehead atoms. The largest absolute Gasteiger partial charge is 0.493 e. The Morgan fingerprint density at radius 1 is 0.788 bits per heavy atom. The first-order valence-corrected chi connectivity index (χ1v) is 10.3. The number of thiocarbonyl (C=S) groups is 1. The Bertz CT molecular complexity index is 1260. The number of nitrogens with zero attached hydrogens (tertiary/aromatic N) is 3. The molecule has 0 spiro atoms. The first kappa shape index (κ1) is 22.0. The molecule has 4 aromatic rings. The zero-order chi connectivity index (χ0) is 23.2. The van der Waals surface area contributed by atoms with Crippen molar-refractivity contribution in [2.45, 2.75) is 0 Å². The van der Waals surface area contributed by atoms with Crippen LogP contribution in [0, 0.1) is 0 Å². The maximum Gasteiger partial charge on any atom is 0.203 e. The molecule has 0 radical (unpaired) electrons. The Hall–Kier alpha value is -4.18. The Labute approximate surface area is 196 Å². The number of ether oxygens (including phenoxy) is 3. The van der Waals surface area contributed by atoms with Crippen LogP contribution in [0.5, 0.6) is 17.2 Å². The van der Waals surface area contributed by atoms with Crippen molar-refractivity contribution in [3.05, 3.63) is 60.8 Å². The Kier molecular flexibility index (Phi) is 6.65. The molecule has 2 heterocycles. The van der Waals surface area contributed by atoms with E-state index in [1.807, 2.05) is 36.4 Å². The third-order valence-electron chi connectivity index (χ3n) is 4.62. The second kappa shape index (κ2) is 9.96. The van der Waals surface area contributed by atoms with Crippen molar-refractivity contribution in [3.8, 4) is 17.2 Å². The number of methoxy groups -OCH3 is 3. The van der Waals surface area contributed by atoms with Crippen molar-refractivity contribution >= 4 is 51.5 Å². The summed E-state index contributed by atoms with van der Waals surface area (Å²) in [5, 5.41) is 9.81. The van der Waals surface area contributed by atoms with Crippen molar-refractivity contribution in [1.29, 1.82) is 0 Å². The van der Waals surface area contributed by atoms with E-state index in [1.165, 1.54) is 0 Å². The molecule has 0 aliphatic carbocycles. The summed E-state index contributed by atoms with van der Waals surface area (Å²) >= 11 is 5.38. The van der Waals surface area contributed by atoms with Gasteiger partial charge in [0, 0.05) is 23.5 Å². The number of hydrogen-bond donors (Lipinski definition) is 3. The van der Waals surface area contributed by atoms with Crippen molar-refractivity contribution in [2.75, 3.05) is 37.3 Å². The topological polar surface area (TPSA) is 102 Å². The summed E-state index contributed by atoms with van der Waals surface area (Å²) < 4.78 is 16.2. The van der Waals surface area contributed by atoms with E-state index >= 15 is 0 Å². The van der Waals surface area contributed by atoms with Gasteiger partial charge in [-0.2, -0.15) is 0 Å². The van der Waals surface area contributed by atoms with Crippen LogP contribution in [0.1, 0.15) is 0 Å².